The molecule has 0 fully saturated rings. The van der Waals surface area contributed by atoms with Crippen LogP contribution in [0.2, 0.25) is 10.0 Å². The van der Waals surface area contributed by atoms with Crippen molar-refractivity contribution in [1.29, 1.82) is 0 Å². The number of hydrogen-bond acceptors (Lipinski definition) is 3. The van der Waals surface area contributed by atoms with Gasteiger partial charge in [0, 0.05) is 5.02 Å². The molecule has 0 aromatic heterocycles. The maximum atomic E-state index is 12.5. The predicted molar refractivity (Wildman–Crippen MR) is 77.4 cm³/mol. The molecule has 0 bridgehead atoms. The summed E-state index contributed by atoms with van der Waals surface area (Å²) >= 11 is 11.7. The van der Waals surface area contributed by atoms with Gasteiger partial charge in [0.1, 0.15) is 0 Å². The second kappa shape index (κ2) is 5.76. The van der Waals surface area contributed by atoms with Gasteiger partial charge < -0.3 is 5.11 Å². The van der Waals surface area contributed by atoms with Crippen LogP contribution in [0, 0.1) is 0 Å². The Hall–Kier alpha value is -1.04. The van der Waals surface area contributed by atoms with Crippen molar-refractivity contribution in [2.75, 3.05) is 0 Å². The second-order valence-corrected chi connectivity index (χ2v) is 7.46. The number of halogens is 2. The molecule has 1 aromatic carbocycles. The number of benzene rings is 1. The lowest BCUT2D eigenvalue weighted by Crippen LogP contribution is -2.22. The van der Waals surface area contributed by atoms with E-state index in [0.29, 0.717) is 6.42 Å². The van der Waals surface area contributed by atoms with E-state index >= 15 is 0 Å². The molecular weight excluding hydrogens is 323 g/mol. The summed E-state index contributed by atoms with van der Waals surface area (Å²) in [4.78, 5) is 10.9. The standard InChI is InChI=1S/C13H12Cl2O4S/c14-8-6-10(13(16)17)12(15)11(7-8)20(18,19)9-4-2-1-3-5-9/h2,4,6-7,9H,1,3,5H2,(H,16,17). The van der Waals surface area contributed by atoms with Gasteiger partial charge in [0.25, 0.3) is 0 Å². The van der Waals surface area contributed by atoms with Crippen molar-refractivity contribution >= 4 is 39.0 Å². The molecule has 0 heterocycles. The molecule has 1 aliphatic carbocycles. The smallest absolute Gasteiger partial charge is 0.337 e. The number of allylic oxidation sites excluding steroid dienone is 1. The number of aromatic carboxylic acids is 1. The second-order valence-electron chi connectivity index (χ2n) is 4.51. The Balaban J connectivity index is 2.59. The normalized spacial score (nSPS) is 19.0. The number of carboxylic acids is 1. The van der Waals surface area contributed by atoms with Crippen LogP contribution in [-0.4, -0.2) is 24.7 Å². The molecule has 4 nitrogen and oxygen atoms in total. The largest absolute Gasteiger partial charge is 0.478 e. The zero-order chi connectivity index (χ0) is 14.9. The number of hydrogen-bond donors (Lipinski definition) is 1. The molecule has 2 rings (SSSR count). The van der Waals surface area contributed by atoms with Crippen molar-refractivity contribution in [2.45, 2.75) is 29.4 Å². The number of rotatable bonds is 3. The highest BCUT2D eigenvalue weighted by molar-refractivity contribution is 7.92. The number of carboxylic acid groups (broad SMARTS) is 1. The first-order valence-electron chi connectivity index (χ1n) is 5.97. The summed E-state index contributed by atoms with van der Waals surface area (Å²) in [5.74, 6) is -1.31. The van der Waals surface area contributed by atoms with Gasteiger partial charge in [-0.2, -0.15) is 0 Å². The predicted octanol–water partition coefficient (Wildman–Crippen LogP) is 3.57. The van der Waals surface area contributed by atoms with Crippen LogP contribution in [0.5, 0.6) is 0 Å². The summed E-state index contributed by atoms with van der Waals surface area (Å²) in [6, 6.07) is 2.34. The van der Waals surface area contributed by atoms with Crippen molar-refractivity contribution in [3.63, 3.8) is 0 Å². The average Bonchev–Trinajstić information content (AvgIpc) is 2.41. The molecular formula is C13H12Cl2O4S. The van der Waals surface area contributed by atoms with Gasteiger partial charge in [0.05, 0.1) is 20.7 Å². The van der Waals surface area contributed by atoms with E-state index in [0.717, 1.165) is 18.9 Å². The fourth-order valence-corrected chi connectivity index (χ4v) is 4.70. The third-order valence-electron chi connectivity index (χ3n) is 3.15. The lowest BCUT2D eigenvalue weighted by Gasteiger charge is -2.18. The van der Waals surface area contributed by atoms with Crippen LogP contribution in [0.25, 0.3) is 0 Å². The van der Waals surface area contributed by atoms with Crippen molar-refractivity contribution in [3.05, 3.63) is 39.9 Å². The first-order chi connectivity index (χ1) is 9.34. The van der Waals surface area contributed by atoms with Crippen molar-refractivity contribution < 1.29 is 18.3 Å². The summed E-state index contributed by atoms with van der Waals surface area (Å²) in [6.45, 7) is 0. The highest BCUT2D eigenvalue weighted by Crippen LogP contribution is 2.34. The zero-order valence-corrected chi connectivity index (χ0v) is 12.7. The minimum atomic E-state index is -3.74. The maximum Gasteiger partial charge on any atom is 0.337 e. The monoisotopic (exact) mass is 334 g/mol. The molecule has 108 valence electrons. The molecule has 1 atom stereocenters. The summed E-state index contributed by atoms with van der Waals surface area (Å²) < 4.78 is 25.1. The van der Waals surface area contributed by atoms with E-state index in [1.165, 1.54) is 6.07 Å². The Morgan fingerprint density at radius 2 is 2.00 bits per heavy atom. The van der Waals surface area contributed by atoms with Crippen LogP contribution in [0.3, 0.4) is 0 Å². The first kappa shape index (κ1) is 15.4. The van der Waals surface area contributed by atoms with Crippen LogP contribution in [0.1, 0.15) is 29.6 Å². The van der Waals surface area contributed by atoms with E-state index in [9.17, 15) is 13.2 Å². The molecule has 1 unspecified atom stereocenters. The van der Waals surface area contributed by atoms with Crippen LogP contribution in [0.15, 0.2) is 29.2 Å². The average molecular weight is 335 g/mol. The highest BCUT2D eigenvalue weighted by Gasteiger charge is 2.30. The molecule has 0 saturated carbocycles. The molecule has 1 N–H and O–H groups in total. The molecule has 0 spiro atoms. The Kier molecular flexibility index (Phi) is 4.42. The Labute approximate surface area is 126 Å². The molecule has 1 aromatic rings. The Morgan fingerprint density at radius 3 is 2.55 bits per heavy atom. The van der Waals surface area contributed by atoms with Crippen molar-refractivity contribution in [2.24, 2.45) is 0 Å². The molecule has 20 heavy (non-hydrogen) atoms. The number of sulfone groups is 1. The van der Waals surface area contributed by atoms with E-state index in [4.69, 9.17) is 28.3 Å². The summed E-state index contributed by atoms with van der Waals surface area (Å²) in [5.41, 5.74) is -0.308. The van der Waals surface area contributed by atoms with Crippen LogP contribution in [-0.2, 0) is 9.84 Å². The van der Waals surface area contributed by atoms with Gasteiger partial charge in [0.15, 0.2) is 9.84 Å². The molecule has 0 saturated heterocycles. The lowest BCUT2D eigenvalue weighted by molar-refractivity contribution is 0.0697. The van der Waals surface area contributed by atoms with Crippen LogP contribution in [0.4, 0.5) is 0 Å². The minimum Gasteiger partial charge on any atom is -0.478 e. The van der Waals surface area contributed by atoms with E-state index in [-0.39, 0.29) is 20.5 Å². The van der Waals surface area contributed by atoms with Gasteiger partial charge >= 0.3 is 5.97 Å². The molecule has 0 amide bonds. The Bertz CT molecular complexity index is 680. The van der Waals surface area contributed by atoms with Crippen molar-refractivity contribution in [1.82, 2.24) is 0 Å². The quantitative estimate of drug-likeness (QED) is 0.857. The SMILES string of the molecule is O=C(O)c1cc(Cl)cc(S(=O)(=O)C2C=CCCC2)c1Cl. The summed E-state index contributed by atoms with van der Waals surface area (Å²) in [6.07, 6.45) is 5.53. The topological polar surface area (TPSA) is 71.4 Å². The molecule has 0 radical (unpaired) electrons. The van der Waals surface area contributed by atoms with Crippen LogP contribution >= 0.6 is 23.2 Å². The lowest BCUT2D eigenvalue weighted by atomic mass is 10.1. The third-order valence-corrected chi connectivity index (χ3v) is 6.01. The first-order valence-corrected chi connectivity index (χ1v) is 8.27. The summed E-state index contributed by atoms with van der Waals surface area (Å²) in [5, 5.41) is 8.09. The van der Waals surface area contributed by atoms with Crippen LogP contribution < -0.4 is 0 Å². The van der Waals surface area contributed by atoms with Gasteiger partial charge in [-0.05, 0) is 31.4 Å². The zero-order valence-electron chi connectivity index (χ0n) is 10.3. The fraction of sp³-hybridized carbons (Fsp3) is 0.308. The molecule has 0 aliphatic heterocycles. The van der Waals surface area contributed by atoms with E-state index < -0.39 is 21.1 Å². The highest BCUT2D eigenvalue weighted by atomic mass is 35.5. The van der Waals surface area contributed by atoms with E-state index in [1.54, 1.807) is 6.08 Å². The molecule has 7 heteroatoms. The number of carbonyl (C=O) groups is 1. The van der Waals surface area contributed by atoms with Gasteiger partial charge in [-0.3, -0.25) is 0 Å². The summed E-state index contributed by atoms with van der Waals surface area (Å²) in [7, 11) is -3.74. The van der Waals surface area contributed by atoms with E-state index in [1.807, 2.05) is 6.08 Å². The minimum absolute atomic E-state index is 0.0326. The Morgan fingerprint density at radius 1 is 1.30 bits per heavy atom. The van der Waals surface area contributed by atoms with Gasteiger partial charge in [-0.15, -0.1) is 0 Å². The van der Waals surface area contributed by atoms with Gasteiger partial charge in [-0.1, -0.05) is 35.4 Å². The van der Waals surface area contributed by atoms with Gasteiger partial charge in [0.2, 0.25) is 0 Å². The third kappa shape index (κ3) is 2.85. The van der Waals surface area contributed by atoms with E-state index in [2.05, 4.69) is 0 Å². The van der Waals surface area contributed by atoms with Gasteiger partial charge in [-0.25, -0.2) is 13.2 Å². The van der Waals surface area contributed by atoms with Crippen molar-refractivity contribution in [3.8, 4) is 0 Å². The molecule has 1 aliphatic rings. The maximum absolute atomic E-state index is 12.5. The fourth-order valence-electron chi connectivity index (χ4n) is 2.13.